The third-order valence-corrected chi connectivity index (χ3v) is 6.56. The molecule has 0 spiro atoms. The Labute approximate surface area is 189 Å². The lowest BCUT2D eigenvalue weighted by atomic mass is 9.86. The van der Waals surface area contributed by atoms with Crippen LogP contribution in [0.2, 0.25) is 0 Å². The number of nitrogens with two attached hydrogens (primary N) is 2. The van der Waals surface area contributed by atoms with Crippen LogP contribution in [0.5, 0.6) is 0 Å². The minimum atomic E-state index is -4.50. The molecule has 3 unspecified atom stereocenters. The molecular formula is C22H28F3N6O2+. The molecule has 1 aliphatic heterocycles. The first-order chi connectivity index (χ1) is 15.7. The zero-order valence-corrected chi connectivity index (χ0v) is 18.3. The minimum Gasteiger partial charge on any atom is -0.358 e. The smallest absolute Gasteiger partial charge is 0.358 e. The van der Waals surface area contributed by atoms with E-state index in [1.54, 1.807) is 17.1 Å². The largest absolute Gasteiger partial charge is 0.416 e. The van der Waals surface area contributed by atoms with Crippen molar-refractivity contribution in [1.82, 2.24) is 14.9 Å². The Hall–Kier alpha value is -2.79. The summed E-state index contributed by atoms with van der Waals surface area (Å²) in [4.78, 5) is 35.3. The number of likely N-dealkylation sites (tertiary alicyclic amines) is 1. The molecule has 1 saturated carbocycles. The molecule has 8 nitrogen and oxygen atoms in total. The van der Waals surface area contributed by atoms with Crippen LogP contribution in [0.4, 0.5) is 19.0 Å². The lowest BCUT2D eigenvalue weighted by Crippen LogP contribution is -2.97. The average Bonchev–Trinajstić information content (AvgIpc) is 3.13. The zero-order chi connectivity index (χ0) is 23.8. The van der Waals surface area contributed by atoms with Gasteiger partial charge in [0, 0.05) is 24.4 Å². The van der Waals surface area contributed by atoms with Crippen molar-refractivity contribution in [1.29, 1.82) is 0 Å². The average molecular weight is 466 g/mol. The number of fused-ring (bicyclic) bond motifs is 1. The first-order valence-corrected chi connectivity index (χ1v) is 11.2. The predicted molar refractivity (Wildman–Crippen MR) is 115 cm³/mol. The third-order valence-electron chi connectivity index (χ3n) is 6.56. The summed E-state index contributed by atoms with van der Waals surface area (Å²) in [7, 11) is 0. The van der Waals surface area contributed by atoms with Crippen LogP contribution in [0.25, 0.3) is 10.9 Å². The molecule has 0 bridgehead atoms. The summed E-state index contributed by atoms with van der Waals surface area (Å²) >= 11 is 0. The number of quaternary nitrogens is 1. The number of carbonyl (C=O) groups excluding carboxylic acids is 2. The molecular weight excluding hydrogens is 437 g/mol. The van der Waals surface area contributed by atoms with E-state index < -0.39 is 17.8 Å². The van der Waals surface area contributed by atoms with Gasteiger partial charge in [-0.15, -0.1) is 0 Å². The molecule has 1 aromatic carbocycles. The van der Waals surface area contributed by atoms with Gasteiger partial charge in [-0.3, -0.25) is 10.1 Å². The molecule has 4 rings (SSSR count). The molecule has 1 saturated heterocycles. The number of hydrogen-bond acceptors (Lipinski definition) is 6. The summed E-state index contributed by atoms with van der Waals surface area (Å²) in [6, 6.07) is 2.44. The van der Waals surface area contributed by atoms with Crippen molar-refractivity contribution < 1.29 is 28.1 Å². The number of aromatic nitrogens is 2. The van der Waals surface area contributed by atoms with Crippen molar-refractivity contribution in [3.05, 3.63) is 30.1 Å². The maximum Gasteiger partial charge on any atom is 0.416 e. The number of hydrogen-bond donors (Lipinski definition) is 3. The van der Waals surface area contributed by atoms with Crippen molar-refractivity contribution >= 4 is 28.5 Å². The lowest BCUT2D eigenvalue weighted by molar-refractivity contribution is -0.614. The first-order valence-electron chi connectivity index (χ1n) is 11.2. The number of anilines is 1. The number of primary amides is 1. The van der Waals surface area contributed by atoms with E-state index in [0.29, 0.717) is 37.7 Å². The molecule has 178 valence electrons. The summed E-state index contributed by atoms with van der Waals surface area (Å²) in [5.41, 5.74) is 5.68. The van der Waals surface area contributed by atoms with Gasteiger partial charge >= 0.3 is 12.1 Å². The Kier molecular flexibility index (Phi) is 6.53. The standard InChI is InChI=1S/C22H27F3N6O2/c1-2-19(32)29-17-10-13(26)4-6-18(17)31-8-7-16(21(31)33)30-20-14-9-12(22(23,24)25)3-5-15(14)27-11-28-20/h3,5,9,11,13,16-18H,2,4,6-8,10,26H2,1H3,(H,29,32)(H,27,28,30)/p+1/t13-,16?,17?,18?/m1/s1. The van der Waals surface area contributed by atoms with Gasteiger partial charge in [0.05, 0.1) is 23.5 Å². The number of alkyl halides is 3. The second-order valence-corrected chi connectivity index (χ2v) is 8.76. The van der Waals surface area contributed by atoms with Crippen molar-refractivity contribution in [2.45, 2.75) is 69.4 Å². The summed E-state index contributed by atoms with van der Waals surface area (Å²) < 4.78 is 39.6. The number of nitrogens with one attached hydrogen (secondary N) is 1. The highest BCUT2D eigenvalue weighted by molar-refractivity contribution is 5.93. The minimum absolute atomic E-state index is 0.00556. The van der Waals surface area contributed by atoms with Crippen LogP contribution in [0.15, 0.2) is 24.5 Å². The van der Waals surface area contributed by atoms with Crippen LogP contribution >= 0.6 is 0 Å². The van der Waals surface area contributed by atoms with Crippen molar-refractivity contribution in [3.63, 3.8) is 0 Å². The number of halogens is 3. The van der Waals surface area contributed by atoms with Crippen molar-refractivity contribution in [2.24, 2.45) is 5.73 Å². The molecule has 2 amide bonds. The van der Waals surface area contributed by atoms with Gasteiger partial charge in [-0.2, -0.15) is 13.2 Å². The fourth-order valence-corrected chi connectivity index (χ4v) is 4.82. The topological polar surface area (TPSA) is 118 Å². The van der Waals surface area contributed by atoms with Crippen LogP contribution in [0, 0.1) is 0 Å². The molecule has 11 heteroatoms. The monoisotopic (exact) mass is 465 g/mol. The zero-order valence-electron chi connectivity index (χ0n) is 18.3. The molecule has 33 heavy (non-hydrogen) atoms. The van der Waals surface area contributed by atoms with E-state index >= 15 is 0 Å². The van der Waals surface area contributed by atoms with Crippen LogP contribution < -0.4 is 16.4 Å². The molecule has 2 aliphatic rings. The molecule has 5 N–H and O–H groups in total. The summed E-state index contributed by atoms with van der Waals surface area (Å²) in [6.07, 6.45) is -0.215. The predicted octanol–water partition coefficient (Wildman–Crippen LogP) is 1.41. The molecule has 2 fully saturated rings. The van der Waals surface area contributed by atoms with Crippen LogP contribution in [0.1, 0.15) is 44.6 Å². The Balaban J connectivity index is 1.54. The van der Waals surface area contributed by atoms with E-state index in [1.807, 2.05) is 0 Å². The number of benzene rings is 1. The quantitative estimate of drug-likeness (QED) is 0.615. The first kappa shape index (κ1) is 23.4. The van der Waals surface area contributed by atoms with E-state index in [2.05, 4.69) is 15.3 Å². The fraction of sp³-hybridized carbons (Fsp3) is 0.545. The van der Waals surface area contributed by atoms with Gasteiger partial charge in [0.15, 0.2) is 0 Å². The van der Waals surface area contributed by atoms with Gasteiger partial charge in [-0.05, 0) is 37.5 Å². The van der Waals surface area contributed by atoms with Gasteiger partial charge in [0.1, 0.15) is 24.2 Å². The molecule has 0 radical (unpaired) electrons. The second-order valence-electron chi connectivity index (χ2n) is 8.76. The van der Waals surface area contributed by atoms with Crippen LogP contribution in [-0.2, 0) is 15.8 Å². The molecule has 1 aliphatic carbocycles. The Morgan fingerprint density at radius 2 is 2.06 bits per heavy atom. The van der Waals surface area contributed by atoms with Gasteiger partial charge in [-0.25, -0.2) is 14.8 Å². The molecule has 2 heterocycles. The number of amides is 2. The lowest BCUT2D eigenvalue weighted by Gasteiger charge is -2.37. The van der Waals surface area contributed by atoms with Crippen molar-refractivity contribution in [3.8, 4) is 0 Å². The van der Waals surface area contributed by atoms with Gasteiger partial charge < -0.3 is 16.0 Å². The number of carbonyl (C=O) groups is 2. The van der Waals surface area contributed by atoms with E-state index in [0.717, 1.165) is 18.6 Å². The van der Waals surface area contributed by atoms with Gasteiger partial charge in [0.2, 0.25) is 5.91 Å². The van der Waals surface area contributed by atoms with Crippen LogP contribution in [0.3, 0.4) is 0 Å². The number of nitrogens with zero attached hydrogens (tertiary/aromatic N) is 3. The van der Waals surface area contributed by atoms with E-state index in [4.69, 9.17) is 5.73 Å². The van der Waals surface area contributed by atoms with Crippen molar-refractivity contribution in [2.75, 3.05) is 11.9 Å². The molecule has 1 aromatic heterocycles. The Morgan fingerprint density at radius 3 is 2.79 bits per heavy atom. The van der Waals surface area contributed by atoms with Crippen LogP contribution in [-0.4, -0.2) is 57.4 Å². The number of rotatable bonds is 5. The summed E-state index contributed by atoms with van der Waals surface area (Å²) in [5.74, 6) is 0.0890. The SMILES string of the molecule is CCC(=O)[NH2+]C1C[C@H](N)CCC1N1CCC(Nc2ncnc3ccc(C(F)(F)F)cc23)C1=O. The fourth-order valence-electron chi connectivity index (χ4n) is 4.82. The van der Waals surface area contributed by atoms with E-state index in [9.17, 15) is 22.8 Å². The molecule has 4 atom stereocenters. The highest BCUT2D eigenvalue weighted by Crippen LogP contribution is 2.33. The maximum absolute atomic E-state index is 13.3. The highest BCUT2D eigenvalue weighted by Gasteiger charge is 2.43. The van der Waals surface area contributed by atoms with Gasteiger partial charge in [-0.1, -0.05) is 6.92 Å². The summed E-state index contributed by atoms with van der Waals surface area (Å²) in [6.45, 7) is 2.30. The highest BCUT2D eigenvalue weighted by atomic mass is 19.4. The Morgan fingerprint density at radius 1 is 1.27 bits per heavy atom. The third kappa shape index (κ3) is 4.93. The maximum atomic E-state index is 13.3. The van der Waals surface area contributed by atoms with E-state index in [1.165, 1.54) is 12.4 Å². The Bertz CT molecular complexity index is 1050. The normalized spacial score (nSPS) is 26.1. The second kappa shape index (κ2) is 9.22. The van der Waals surface area contributed by atoms with E-state index in [-0.39, 0.29) is 41.1 Å². The summed E-state index contributed by atoms with van der Waals surface area (Å²) in [5, 5.41) is 4.96. The van der Waals surface area contributed by atoms with Gasteiger partial charge in [0.25, 0.3) is 0 Å². The molecule has 2 aromatic rings.